The van der Waals surface area contributed by atoms with Crippen LogP contribution in [-0.2, 0) is 11.2 Å². The first-order valence-corrected chi connectivity index (χ1v) is 7.49. The van der Waals surface area contributed by atoms with Gasteiger partial charge in [0.05, 0.1) is 0 Å². The van der Waals surface area contributed by atoms with Gasteiger partial charge >= 0.3 is 0 Å². The number of hydrogen-bond acceptors (Lipinski definition) is 3. The molecule has 3 nitrogen and oxygen atoms in total. The number of carbonyl (C=O) groups is 1. The smallest absolute Gasteiger partial charge is 0.220 e. The molecule has 1 aromatic rings. The Morgan fingerprint density at radius 1 is 1.39 bits per heavy atom. The molecule has 1 unspecified atom stereocenters. The Balaban J connectivity index is 2.22. The van der Waals surface area contributed by atoms with Gasteiger partial charge in [0.2, 0.25) is 5.91 Å². The molecule has 0 aliphatic carbocycles. The summed E-state index contributed by atoms with van der Waals surface area (Å²) in [4.78, 5) is 12.7. The third kappa shape index (κ3) is 6.07. The molecule has 0 bridgehead atoms. The van der Waals surface area contributed by atoms with Gasteiger partial charge < -0.3 is 11.1 Å². The molecule has 0 aromatic heterocycles. The van der Waals surface area contributed by atoms with Crippen molar-refractivity contribution < 1.29 is 4.79 Å². The molecule has 0 heterocycles. The lowest BCUT2D eigenvalue weighted by atomic mass is 10.1. The first-order chi connectivity index (χ1) is 8.61. The van der Waals surface area contributed by atoms with Crippen molar-refractivity contribution in [3.63, 3.8) is 0 Å². The average Bonchev–Trinajstić information content (AvgIpc) is 2.37. The summed E-state index contributed by atoms with van der Waals surface area (Å²) in [5, 5.41) is 2.92. The van der Waals surface area contributed by atoms with Gasteiger partial charge in [-0.25, -0.2) is 0 Å². The van der Waals surface area contributed by atoms with Gasteiger partial charge in [-0.05, 0) is 43.7 Å². The van der Waals surface area contributed by atoms with Crippen molar-refractivity contribution in [1.29, 1.82) is 0 Å². The Morgan fingerprint density at radius 3 is 2.61 bits per heavy atom. The van der Waals surface area contributed by atoms with Gasteiger partial charge in [-0.2, -0.15) is 0 Å². The van der Waals surface area contributed by atoms with E-state index in [0.717, 1.165) is 12.8 Å². The molecular formula is C14H22N2OS. The number of amides is 1. The van der Waals surface area contributed by atoms with Crippen molar-refractivity contribution in [2.24, 2.45) is 5.73 Å². The molecule has 1 amide bonds. The summed E-state index contributed by atoms with van der Waals surface area (Å²) < 4.78 is 0. The highest BCUT2D eigenvalue weighted by Crippen LogP contribution is 2.14. The molecule has 18 heavy (non-hydrogen) atoms. The first kappa shape index (κ1) is 15.1. The van der Waals surface area contributed by atoms with E-state index >= 15 is 0 Å². The van der Waals surface area contributed by atoms with E-state index in [4.69, 9.17) is 5.73 Å². The standard InChI is InChI=1S/C14H22N2OS/c1-11(15)3-8-14(17)16-10-9-12-4-6-13(18-2)7-5-12/h4-7,11H,3,8-10,15H2,1-2H3,(H,16,17). The number of rotatable bonds is 7. The summed E-state index contributed by atoms with van der Waals surface area (Å²) in [6.45, 7) is 2.61. The number of carbonyl (C=O) groups excluding carboxylic acids is 1. The Labute approximate surface area is 114 Å². The molecule has 0 radical (unpaired) electrons. The van der Waals surface area contributed by atoms with E-state index in [9.17, 15) is 4.79 Å². The van der Waals surface area contributed by atoms with Gasteiger partial charge in [-0.3, -0.25) is 4.79 Å². The summed E-state index contributed by atoms with van der Waals surface area (Å²) in [6.07, 6.45) is 4.20. The van der Waals surface area contributed by atoms with Crippen LogP contribution in [0.2, 0.25) is 0 Å². The van der Waals surface area contributed by atoms with E-state index < -0.39 is 0 Å². The second kappa shape index (κ2) is 8.16. The third-order valence-corrected chi connectivity index (χ3v) is 3.47. The molecule has 3 N–H and O–H groups in total. The van der Waals surface area contributed by atoms with Crippen molar-refractivity contribution >= 4 is 17.7 Å². The van der Waals surface area contributed by atoms with Crippen LogP contribution in [0.25, 0.3) is 0 Å². The molecular weight excluding hydrogens is 244 g/mol. The molecule has 0 saturated carbocycles. The summed E-state index contributed by atoms with van der Waals surface area (Å²) in [5.41, 5.74) is 6.86. The third-order valence-electron chi connectivity index (χ3n) is 2.72. The summed E-state index contributed by atoms with van der Waals surface area (Å²) >= 11 is 1.73. The molecule has 0 aliphatic rings. The second-order valence-corrected chi connectivity index (χ2v) is 5.34. The zero-order valence-electron chi connectivity index (χ0n) is 11.1. The van der Waals surface area contributed by atoms with E-state index in [2.05, 4.69) is 35.8 Å². The van der Waals surface area contributed by atoms with Gasteiger partial charge in [0, 0.05) is 23.9 Å². The number of thioether (sulfide) groups is 1. The summed E-state index contributed by atoms with van der Waals surface area (Å²) in [7, 11) is 0. The fourth-order valence-corrected chi connectivity index (χ4v) is 1.99. The van der Waals surface area contributed by atoms with Crippen molar-refractivity contribution in [3.8, 4) is 0 Å². The summed E-state index contributed by atoms with van der Waals surface area (Å²) in [5.74, 6) is 0.0908. The highest BCUT2D eigenvalue weighted by atomic mass is 32.2. The van der Waals surface area contributed by atoms with Gasteiger partial charge in [-0.15, -0.1) is 11.8 Å². The van der Waals surface area contributed by atoms with Crippen LogP contribution in [0.5, 0.6) is 0 Å². The minimum Gasteiger partial charge on any atom is -0.356 e. The largest absolute Gasteiger partial charge is 0.356 e. The molecule has 1 aromatic carbocycles. The molecule has 1 atom stereocenters. The van der Waals surface area contributed by atoms with Crippen molar-refractivity contribution in [2.75, 3.05) is 12.8 Å². The minimum absolute atomic E-state index is 0.0908. The lowest BCUT2D eigenvalue weighted by Gasteiger charge is -2.07. The number of nitrogens with one attached hydrogen (secondary N) is 1. The van der Waals surface area contributed by atoms with Crippen LogP contribution in [0.1, 0.15) is 25.3 Å². The van der Waals surface area contributed by atoms with E-state index in [1.165, 1.54) is 10.5 Å². The normalized spacial score (nSPS) is 12.2. The Hall–Kier alpha value is -1.00. The van der Waals surface area contributed by atoms with Crippen molar-refractivity contribution in [2.45, 2.75) is 37.1 Å². The molecule has 0 spiro atoms. The summed E-state index contributed by atoms with van der Waals surface area (Å²) in [6, 6.07) is 8.53. The number of benzene rings is 1. The van der Waals surface area contributed by atoms with Crippen LogP contribution < -0.4 is 11.1 Å². The van der Waals surface area contributed by atoms with Crippen LogP contribution in [0.3, 0.4) is 0 Å². The molecule has 0 fully saturated rings. The van der Waals surface area contributed by atoms with Crippen LogP contribution >= 0.6 is 11.8 Å². The predicted octanol–water partition coefficient (Wildman–Crippen LogP) is 2.19. The van der Waals surface area contributed by atoms with Gasteiger partial charge in [0.25, 0.3) is 0 Å². The maximum Gasteiger partial charge on any atom is 0.220 e. The lowest BCUT2D eigenvalue weighted by Crippen LogP contribution is -2.27. The van der Waals surface area contributed by atoms with Crippen molar-refractivity contribution in [1.82, 2.24) is 5.32 Å². The zero-order valence-corrected chi connectivity index (χ0v) is 11.9. The van der Waals surface area contributed by atoms with Gasteiger partial charge in [0.1, 0.15) is 0 Å². The van der Waals surface area contributed by atoms with Crippen LogP contribution in [0, 0.1) is 0 Å². The lowest BCUT2D eigenvalue weighted by molar-refractivity contribution is -0.121. The Kier molecular flexibility index (Phi) is 6.83. The maximum absolute atomic E-state index is 11.5. The quantitative estimate of drug-likeness (QED) is 0.744. The van der Waals surface area contributed by atoms with Crippen molar-refractivity contribution in [3.05, 3.63) is 29.8 Å². The highest BCUT2D eigenvalue weighted by molar-refractivity contribution is 7.98. The number of hydrogen-bond donors (Lipinski definition) is 2. The Bertz CT molecular complexity index is 363. The van der Waals surface area contributed by atoms with Crippen LogP contribution in [0.15, 0.2) is 29.2 Å². The van der Waals surface area contributed by atoms with Gasteiger partial charge in [-0.1, -0.05) is 12.1 Å². The molecule has 0 aliphatic heterocycles. The number of nitrogens with two attached hydrogens (primary N) is 1. The fraction of sp³-hybridized carbons (Fsp3) is 0.500. The van der Waals surface area contributed by atoms with Crippen LogP contribution in [0.4, 0.5) is 0 Å². The van der Waals surface area contributed by atoms with E-state index in [1.807, 2.05) is 6.92 Å². The predicted molar refractivity (Wildman–Crippen MR) is 77.8 cm³/mol. The molecule has 0 saturated heterocycles. The SMILES string of the molecule is CSc1ccc(CCNC(=O)CCC(C)N)cc1. The van der Waals surface area contributed by atoms with E-state index in [0.29, 0.717) is 13.0 Å². The molecule has 100 valence electrons. The maximum atomic E-state index is 11.5. The minimum atomic E-state index is 0.0908. The van der Waals surface area contributed by atoms with Crippen LogP contribution in [-0.4, -0.2) is 24.7 Å². The van der Waals surface area contributed by atoms with Gasteiger partial charge in [0.15, 0.2) is 0 Å². The fourth-order valence-electron chi connectivity index (χ4n) is 1.59. The van der Waals surface area contributed by atoms with E-state index in [-0.39, 0.29) is 11.9 Å². The Morgan fingerprint density at radius 2 is 2.06 bits per heavy atom. The molecule has 1 rings (SSSR count). The zero-order chi connectivity index (χ0) is 13.4. The topological polar surface area (TPSA) is 55.1 Å². The monoisotopic (exact) mass is 266 g/mol. The second-order valence-electron chi connectivity index (χ2n) is 4.46. The average molecular weight is 266 g/mol. The van der Waals surface area contributed by atoms with E-state index in [1.54, 1.807) is 11.8 Å². The highest BCUT2D eigenvalue weighted by Gasteiger charge is 2.02. The molecule has 4 heteroatoms. The first-order valence-electron chi connectivity index (χ1n) is 6.27.